The van der Waals surface area contributed by atoms with Gasteiger partial charge in [0.1, 0.15) is 6.61 Å². The van der Waals surface area contributed by atoms with E-state index in [0.29, 0.717) is 23.1 Å². The highest BCUT2D eigenvalue weighted by molar-refractivity contribution is 6.32. The molecule has 0 aromatic heterocycles. The first-order valence-electron chi connectivity index (χ1n) is 9.55. The van der Waals surface area contributed by atoms with Crippen LogP contribution >= 0.6 is 11.6 Å². The Morgan fingerprint density at radius 1 is 1.04 bits per heavy atom. The van der Waals surface area contributed by atoms with E-state index in [2.05, 4.69) is 55.3 Å². The topological polar surface area (TPSA) is 33.7 Å². The van der Waals surface area contributed by atoms with Crippen molar-refractivity contribution >= 4 is 11.6 Å². The van der Waals surface area contributed by atoms with E-state index in [4.69, 9.17) is 21.1 Å². The van der Waals surface area contributed by atoms with E-state index in [9.17, 15) is 0 Å². The number of rotatable bonds is 11. The normalized spacial score (nSPS) is 11.0. The molecular formula is C22H31ClN2O2. The van der Waals surface area contributed by atoms with E-state index >= 15 is 0 Å². The highest BCUT2D eigenvalue weighted by Crippen LogP contribution is 2.37. The molecule has 0 unspecified atom stereocenters. The first kappa shape index (κ1) is 21.5. The van der Waals surface area contributed by atoms with E-state index < -0.39 is 0 Å². The molecule has 4 nitrogen and oxygen atoms in total. The lowest BCUT2D eigenvalue weighted by atomic mass is 10.1. The van der Waals surface area contributed by atoms with E-state index in [1.54, 1.807) is 7.11 Å². The van der Waals surface area contributed by atoms with Gasteiger partial charge in [0.25, 0.3) is 0 Å². The van der Waals surface area contributed by atoms with Gasteiger partial charge >= 0.3 is 0 Å². The van der Waals surface area contributed by atoms with Gasteiger partial charge in [0.2, 0.25) is 0 Å². The van der Waals surface area contributed by atoms with Gasteiger partial charge in [-0.05, 0) is 43.3 Å². The lowest BCUT2D eigenvalue weighted by Gasteiger charge is -2.18. The third-order valence-electron chi connectivity index (χ3n) is 4.62. The van der Waals surface area contributed by atoms with Gasteiger partial charge in [-0.25, -0.2) is 0 Å². The van der Waals surface area contributed by atoms with Crippen molar-refractivity contribution < 1.29 is 9.47 Å². The van der Waals surface area contributed by atoms with Crippen LogP contribution < -0.4 is 14.8 Å². The van der Waals surface area contributed by atoms with E-state index in [-0.39, 0.29) is 0 Å². The minimum Gasteiger partial charge on any atom is -0.493 e. The summed E-state index contributed by atoms with van der Waals surface area (Å²) in [6.45, 7) is 11.8. The zero-order valence-electron chi connectivity index (χ0n) is 16.8. The first-order chi connectivity index (χ1) is 13.1. The van der Waals surface area contributed by atoms with Crippen LogP contribution in [0.25, 0.3) is 0 Å². The average molecular weight is 391 g/mol. The van der Waals surface area contributed by atoms with Crippen molar-refractivity contribution in [2.75, 3.05) is 33.3 Å². The Morgan fingerprint density at radius 3 is 2.37 bits per heavy atom. The molecule has 2 aromatic carbocycles. The minimum absolute atomic E-state index is 0.456. The lowest BCUT2D eigenvalue weighted by Crippen LogP contribution is -2.31. The quantitative estimate of drug-likeness (QED) is 0.565. The highest BCUT2D eigenvalue weighted by Gasteiger charge is 2.12. The molecule has 1 N–H and O–H groups in total. The van der Waals surface area contributed by atoms with Crippen LogP contribution in [0, 0.1) is 6.92 Å². The number of methoxy groups -OCH3 is 1. The second-order valence-corrected chi connectivity index (χ2v) is 6.99. The van der Waals surface area contributed by atoms with Crippen molar-refractivity contribution in [3.05, 3.63) is 58.1 Å². The monoisotopic (exact) mass is 390 g/mol. The Morgan fingerprint density at radius 2 is 1.74 bits per heavy atom. The number of benzene rings is 2. The van der Waals surface area contributed by atoms with Gasteiger partial charge in [0.15, 0.2) is 11.5 Å². The molecule has 2 rings (SSSR count). The molecule has 0 aliphatic rings. The molecule has 0 radical (unpaired) electrons. The Labute approximate surface area is 168 Å². The fourth-order valence-electron chi connectivity index (χ4n) is 2.86. The van der Waals surface area contributed by atoms with Crippen molar-refractivity contribution in [1.29, 1.82) is 0 Å². The summed E-state index contributed by atoms with van der Waals surface area (Å²) in [5.41, 5.74) is 3.41. The number of hydrogen-bond acceptors (Lipinski definition) is 4. The van der Waals surface area contributed by atoms with Crippen molar-refractivity contribution in [3.63, 3.8) is 0 Å². The maximum Gasteiger partial charge on any atom is 0.180 e. The zero-order valence-corrected chi connectivity index (χ0v) is 17.6. The van der Waals surface area contributed by atoms with Gasteiger partial charge in [0, 0.05) is 19.6 Å². The van der Waals surface area contributed by atoms with Crippen LogP contribution in [0.1, 0.15) is 30.5 Å². The van der Waals surface area contributed by atoms with Gasteiger partial charge in [0.05, 0.1) is 12.1 Å². The third-order valence-corrected chi connectivity index (χ3v) is 4.90. The van der Waals surface area contributed by atoms with Crippen LogP contribution in [0.2, 0.25) is 5.02 Å². The maximum atomic E-state index is 6.47. The number of hydrogen-bond donors (Lipinski definition) is 1. The smallest absolute Gasteiger partial charge is 0.180 e. The Bertz CT molecular complexity index is 700. The average Bonchev–Trinajstić information content (AvgIpc) is 2.68. The third kappa shape index (κ3) is 6.73. The van der Waals surface area contributed by atoms with Crippen LogP contribution in [0.5, 0.6) is 11.5 Å². The minimum atomic E-state index is 0.456. The number of nitrogens with zero attached hydrogens (tertiary/aromatic N) is 1. The fourth-order valence-corrected chi connectivity index (χ4v) is 3.15. The molecule has 0 aliphatic carbocycles. The molecule has 0 fully saturated rings. The van der Waals surface area contributed by atoms with Crippen molar-refractivity contribution in [3.8, 4) is 11.5 Å². The molecule has 0 aliphatic heterocycles. The first-order valence-corrected chi connectivity index (χ1v) is 9.93. The van der Waals surface area contributed by atoms with Gasteiger partial charge < -0.3 is 19.7 Å². The van der Waals surface area contributed by atoms with Crippen LogP contribution in [0.4, 0.5) is 0 Å². The summed E-state index contributed by atoms with van der Waals surface area (Å²) in [4.78, 5) is 2.39. The zero-order chi connectivity index (χ0) is 19.6. The largest absolute Gasteiger partial charge is 0.493 e. The maximum absolute atomic E-state index is 6.47. The number of likely N-dealkylation sites (N-methyl/N-ethyl adjacent to an activating group) is 1. The number of aryl methyl sites for hydroxylation is 1. The second-order valence-electron chi connectivity index (χ2n) is 6.59. The molecule has 0 bridgehead atoms. The predicted molar refractivity (Wildman–Crippen MR) is 113 cm³/mol. The Balaban J connectivity index is 1.96. The highest BCUT2D eigenvalue weighted by atomic mass is 35.5. The summed E-state index contributed by atoms with van der Waals surface area (Å²) in [5.74, 6) is 1.25. The summed E-state index contributed by atoms with van der Waals surface area (Å²) in [6.07, 6.45) is 0. The number of nitrogens with one attached hydrogen (secondary N) is 1. The molecule has 0 spiro atoms. The van der Waals surface area contributed by atoms with Crippen LogP contribution in [-0.4, -0.2) is 38.2 Å². The Kier molecular flexibility index (Phi) is 8.92. The SMILES string of the molecule is CCN(CC)CCNCc1cc(Cl)c(OCc2ccc(C)cc2)c(OC)c1. The van der Waals surface area contributed by atoms with E-state index in [1.807, 2.05) is 12.1 Å². The predicted octanol–water partition coefficient (Wildman–Crippen LogP) is 4.67. The van der Waals surface area contributed by atoms with Crippen molar-refractivity contribution in [2.24, 2.45) is 0 Å². The lowest BCUT2D eigenvalue weighted by molar-refractivity contribution is 0.284. The van der Waals surface area contributed by atoms with Crippen LogP contribution in [-0.2, 0) is 13.2 Å². The van der Waals surface area contributed by atoms with Crippen molar-refractivity contribution in [2.45, 2.75) is 33.9 Å². The summed E-state index contributed by atoms with van der Waals surface area (Å²) < 4.78 is 11.5. The van der Waals surface area contributed by atoms with Gasteiger partial charge in [-0.2, -0.15) is 0 Å². The summed E-state index contributed by atoms with van der Waals surface area (Å²) >= 11 is 6.47. The molecule has 0 amide bonds. The van der Waals surface area contributed by atoms with Crippen LogP contribution in [0.3, 0.4) is 0 Å². The molecular weight excluding hydrogens is 360 g/mol. The van der Waals surface area contributed by atoms with Crippen molar-refractivity contribution in [1.82, 2.24) is 10.2 Å². The van der Waals surface area contributed by atoms with Gasteiger partial charge in [-0.1, -0.05) is 55.3 Å². The molecule has 27 heavy (non-hydrogen) atoms. The molecule has 0 atom stereocenters. The van der Waals surface area contributed by atoms with E-state index in [0.717, 1.165) is 43.9 Å². The molecule has 2 aromatic rings. The molecule has 148 valence electrons. The summed E-state index contributed by atoms with van der Waals surface area (Å²) in [7, 11) is 1.64. The molecule has 0 saturated heterocycles. The van der Waals surface area contributed by atoms with Gasteiger partial charge in [-0.15, -0.1) is 0 Å². The molecule has 5 heteroatoms. The molecule has 0 heterocycles. The number of ether oxygens (including phenoxy) is 2. The second kappa shape index (κ2) is 11.2. The fraction of sp³-hybridized carbons (Fsp3) is 0.455. The Hall–Kier alpha value is -1.75. The van der Waals surface area contributed by atoms with Gasteiger partial charge in [-0.3, -0.25) is 0 Å². The summed E-state index contributed by atoms with van der Waals surface area (Å²) in [5, 5.41) is 4.04. The summed E-state index contributed by atoms with van der Waals surface area (Å²) in [6, 6.07) is 12.2. The van der Waals surface area contributed by atoms with E-state index in [1.165, 1.54) is 5.56 Å². The molecule has 0 saturated carbocycles. The standard InChI is InChI=1S/C22H31ClN2O2/c1-5-25(6-2)12-11-24-15-19-13-20(23)22(21(14-19)26-4)27-16-18-9-7-17(3)8-10-18/h7-10,13-14,24H,5-6,11-12,15-16H2,1-4H3. The van der Waals surface area contributed by atoms with Crippen LogP contribution in [0.15, 0.2) is 36.4 Å². The number of halogens is 1.